The fourth-order valence-electron chi connectivity index (χ4n) is 2.30. The highest BCUT2D eigenvalue weighted by atomic mass is 79.9. The lowest BCUT2D eigenvalue weighted by Gasteiger charge is -2.18. The minimum atomic E-state index is -4.42. The van der Waals surface area contributed by atoms with Crippen LogP contribution in [0.1, 0.15) is 18.1 Å². The van der Waals surface area contributed by atoms with Crippen molar-refractivity contribution in [3.63, 3.8) is 0 Å². The number of aryl methyl sites for hydroxylation is 1. The molecule has 2 atom stereocenters. The van der Waals surface area contributed by atoms with Gasteiger partial charge in [-0.05, 0) is 71.7 Å². The first kappa shape index (κ1) is 23.0. The van der Waals surface area contributed by atoms with Gasteiger partial charge in [-0.2, -0.15) is 13.2 Å². The van der Waals surface area contributed by atoms with E-state index in [0.29, 0.717) is 5.75 Å². The van der Waals surface area contributed by atoms with Gasteiger partial charge in [0.25, 0.3) is 5.91 Å². The third kappa shape index (κ3) is 7.25. The normalized spacial score (nSPS) is 13.5. The number of nitrogens with one attached hydrogen (secondary N) is 1. The van der Waals surface area contributed by atoms with Crippen molar-refractivity contribution in [1.29, 1.82) is 0 Å². The van der Waals surface area contributed by atoms with Gasteiger partial charge in [0, 0.05) is 6.54 Å². The van der Waals surface area contributed by atoms with Gasteiger partial charge in [-0.15, -0.1) is 0 Å². The van der Waals surface area contributed by atoms with Gasteiger partial charge in [-0.25, -0.2) is 0 Å². The van der Waals surface area contributed by atoms with Crippen molar-refractivity contribution in [2.24, 2.45) is 0 Å². The summed E-state index contributed by atoms with van der Waals surface area (Å²) in [6, 6.07) is 9.59. The number of ether oxygens (including phenoxy) is 2. The molecule has 9 heteroatoms. The largest absolute Gasteiger partial charge is 0.491 e. The lowest BCUT2D eigenvalue weighted by Crippen LogP contribution is -2.41. The van der Waals surface area contributed by atoms with E-state index >= 15 is 0 Å². The van der Waals surface area contributed by atoms with Gasteiger partial charge in [-0.3, -0.25) is 4.79 Å². The number of halogens is 4. The van der Waals surface area contributed by atoms with Crippen LogP contribution in [0, 0.1) is 6.92 Å². The van der Waals surface area contributed by atoms with Crippen molar-refractivity contribution >= 4 is 21.8 Å². The maximum Gasteiger partial charge on any atom is 0.416 e. The van der Waals surface area contributed by atoms with Crippen molar-refractivity contribution in [3.8, 4) is 11.5 Å². The summed E-state index contributed by atoms with van der Waals surface area (Å²) in [5.41, 5.74) is 0.254. The number of aliphatic hydroxyl groups excluding tert-OH is 1. The SMILES string of the molecule is Cc1ccc(O[C@H](C)C(=O)NC[C@@H](O)COc2ccc(C(F)(F)F)cc2)c(Br)c1. The van der Waals surface area contributed by atoms with Gasteiger partial charge < -0.3 is 19.9 Å². The van der Waals surface area contributed by atoms with Gasteiger partial charge in [0.15, 0.2) is 6.10 Å². The second-order valence-electron chi connectivity index (χ2n) is 6.43. The van der Waals surface area contributed by atoms with Gasteiger partial charge in [0.05, 0.1) is 10.0 Å². The Bertz CT molecular complexity index is 827. The number of aliphatic hydroxyl groups is 1. The third-order valence-corrected chi connectivity index (χ3v) is 4.52. The van der Waals surface area contributed by atoms with Gasteiger partial charge >= 0.3 is 6.18 Å². The van der Waals surface area contributed by atoms with Crippen LogP contribution in [0.15, 0.2) is 46.9 Å². The molecule has 2 rings (SSSR count). The number of benzene rings is 2. The molecule has 5 nitrogen and oxygen atoms in total. The fraction of sp³-hybridized carbons (Fsp3) is 0.350. The average molecular weight is 476 g/mol. The minimum Gasteiger partial charge on any atom is -0.491 e. The predicted molar refractivity (Wildman–Crippen MR) is 105 cm³/mol. The number of carbonyl (C=O) groups excluding carboxylic acids is 1. The molecule has 0 unspecified atom stereocenters. The zero-order valence-electron chi connectivity index (χ0n) is 15.8. The maximum absolute atomic E-state index is 12.5. The molecule has 158 valence electrons. The molecule has 0 bridgehead atoms. The van der Waals surface area contributed by atoms with E-state index in [4.69, 9.17) is 9.47 Å². The van der Waals surface area contributed by atoms with Crippen LogP contribution in [-0.4, -0.2) is 36.4 Å². The van der Waals surface area contributed by atoms with Crippen molar-refractivity contribution < 1.29 is 32.5 Å². The van der Waals surface area contributed by atoms with E-state index in [9.17, 15) is 23.1 Å². The van der Waals surface area contributed by atoms with Crippen molar-refractivity contribution in [3.05, 3.63) is 58.1 Å². The minimum absolute atomic E-state index is 0.0950. The average Bonchev–Trinajstić information content (AvgIpc) is 2.66. The summed E-state index contributed by atoms with van der Waals surface area (Å²) in [4.78, 5) is 12.1. The van der Waals surface area contributed by atoms with Gasteiger partial charge in [0.1, 0.15) is 24.2 Å². The summed E-state index contributed by atoms with van der Waals surface area (Å²) in [5.74, 6) is 0.278. The van der Waals surface area contributed by atoms with Crippen LogP contribution in [0.4, 0.5) is 13.2 Å². The van der Waals surface area contributed by atoms with E-state index in [2.05, 4.69) is 21.2 Å². The highest BCUT2D eigenvalue weighted by molar-refractivity contribution is 9.10. The first-order valence-corrected chi connectivity index (χ1v) is 9.54. The number of alkyl halides is 3. The van der Waals surface area contributed by atoms with E-state index in [0.717, 1.165) is 22.2 Å². The summed E-state index contributed by atoms with van der Waals surface area (Å²) in [5, 5.41) is 12.5. The van der Waals surface area contributed by atoms with Crippen LogP contribution in [0.25, 0.3) is 0 Å². The smallest absolute Gasteiger partial charge is 0.416 e. The van der Waals surface area contributed by atoms with Crippen LogP contribution >= 0.6 is 15.9 Å². The Hall–Kier alpha value is -2.26. The molecule has 0 spiro atoms. The molecule has 0 fully saturated rings. The zero-order chi connectivity index (χ0) is 21.6. The molecule has 0 aliphatic carbocycles. The summed E-state index contributed by atoms with van der Waals surface area (Å²) >= 11 is 3.37. The zero-order valence-corrected chi connectivity index (χ0v) is 17.4. The molecule has 2 N–H and O–H groups in total. The number of rotatable bonds is 8. The van der Waals surface area contributed by atoms with Crippen LogP contribution in [0.5, 0.6) is 11.5 Å². The van der Waals surface area contributed by atoms with Gasteiger partial charge in [0.2, 0.25) is 0 Å². The first-order valence-electron chi connectivity index (χ1n) is 8.75. The Morgan fingerprint density at radius 1 is 1.21 bits per heavy atom. The lowest BCUT2D eigenvalue weighted by atomic mass is 10.2. The molecule has 0 saturated heterocycles. The monoisotopic (exact) mass is 475 g/mol. The predicted octanol–water partition coefficient (Wildman–Crippen LogP) is 4.10. The highest BCUT2D eigenvalue weighted by Gasteiger charge is 2.30. The number of hydrogen-bond acceptors (Lipinski definition) is 4. The molecule has 1 amide bonds. The van der Waals surface area contributed by atoms with Crippen molar-refractivity contribution in [2.45, 2.75) is 32.2 Å². The standard InChI is InChI=1S/C20H21BrF3NO4/c1-12-3-8-18(17(21)9-12)29-13(2)19(27)25-10-15(26)11-28-16-6-4-14(5-7-16)20(22,23)24/h3-9,13,15,26H,10-11H2,1-2H3,(H,25,27)/t13-,15-/m1/s1. The van der Waals surface area contributed by atoms with E-state index in [1.807, 2.05) is 19.1 Å². The maximum atomic E-state index is 12.5. The Balaban J connectivity index is 1.76. The van der Waals surface area contributed by atoms with Crippen LogP contribution < -0.4 is 14.8 Å². The quantitative estimate of drug-likeness (QED) is 0.603. The third-order valence-electron chi connectivity index (χ3n) is 3.90. The molecule has 2 aromatic rings. The molecule has 0 heterocycles. The molecule has 0 saturated carbocycles. The van der Waals surface area contributed by atoms with Crippen molar-refractivity contribution in [2.75, 3.05) is 13.2 Å². The van der Waals surface area contributed by atoms with Crippen LogP contribution in [0.3, 0.4) is 0 Å². The summed E-state index contributed by atoms with van der Waals surface area (Å²) in [6.45, 7) is 3.22. The summed E-state index contributed by atoms with van der Waals surface area (Å²) in [6.07, 6.45) is -6.26. The fourth-order valence-corrected chi connectivity index (χ4v) is 2.89. The second-order valence-corrected chi connectivity index (χ2v) is 7.28. The van der Waals surface area contributed by atoms with Crippen LogP contribution in [0.2, 0.25) is 0 Å². The Morgan fingerprint density at radius 3 is 2.45 bits per heavy atom. The second kappa shape index (κ2) is 9.98. The summed E-state index contributed by atoms with van der Waals surface area (Å²) in [7, 11) is 0. The van der Waals surface area contributed by atoms with Gasteiger partial charge in [-0.1, -0.05) is 6.07 Å². The molecule has 0 aliphatic heterocycles. The van der Waals surface area contributed by atoms with Crippen molar-refractivity contribution in [1.82, 2.24) is 5.32 Å². The first-order chi connectivity index (χ1) is 13.6. The Labute approximate surface area is 175 Å². The Kier molecular flexibility index (Phi) is 7.92. The number of hydrogen-bond donors (Lipinski definition) is 2. The molecule has 0 radical (unpaired) electrons. The van der Waals surface area contributed by atoms with E-state index < -0.39 is 29.9 Å². The van der Waals surface area contributed by atoms with Crippen LogP contribution in [-0.2, 0) is 11.0 Å². The van der Waals surface area contributed by atoms with E-state index in [1.165, 1.54) is 12.1 Å². The Morgan fingerprint density at radius 2 is 1.86 bits per heavy atom. The topological polar surface area (TPSA) is 67.8 Å². The lowest BCUT2D eigenvalue weighted by molar-refractivity contribution is -0.137. The summed E-state index contributed by atoms with van der Waals surface area (Å²) < 4.78 is 49.1. The molecule has 0 aromatic heterocycles. The highest BCUT2D eigenvalue weighted by Crippen LogP contribution is 2.30. The van der Waals surface area contributed by atoms with E-state index in [1.54, 1.807) is 13.0 Å². The number of carbonyl (C=O) groups is 1. The van der Waals surface area contributed by atoms with E-state index in [-0.39, 0.29) is 18.9 Å². The molecule has 0 aliphatic rings. The number of amides is 1. The molecule has 29 heavy (non-hydrogen) atoms. The molecular weight excluding hydrogens is 455 g/mol. The molecule has 2 aromatic carbocycles. The molecular formula is C20H21BrF3NO4.